The summed E-state index contributed by atoms with van der Waals surface area (Å²) in [6, 6.07) is 24.5. The number of fused-ring (bicyclic) bond motifs is 2. The molecule has 0 saturated heterocycles. The lowest BCUT2D eigenvalue weighted by molar-refractivity contribution is 1.32. The molecule has 4 heteroatoms. The molecule has 0 aliphatic heterocycles. The van der Waals surface area contributed by atoms with E-state index in [1.54, 1.807) is 6.20 Å². The number of anilines is 2. The number of hydrogen-bond donors (Lipinski definition) is 2. The third kappa shape index (κ3) is 2.79. The highest BCUT2D eigenvalue weighted by molar-refractivity contribution is 7.80. The van der Waals surface area contributed by atoms with Gasteiger partial charge >= 0.3 is 0 Å². The Hall–Kier alpha value is -2.98. The monoisotopic (exact) mass is 329 g/mol. The Kier molecular flexibility index (Phi) is 3.81. The Morgan fingerprint density at radius 3 is 2.00 bits per heavy atom. The number of rotatable bonds is 2. The quantitative estimate of drug-likeness (QED) is 0.392. The van der Waals surface area contributed by atoms with Gasteiger partial charge in [0, 0.05) is 17.0 Å². The van der Waals surface area contributed by atoms with Crippen molar-refractivity contribution in [3.63, 3.8) is 0 Å². The summed E-state index contributed by atoms with van der Waals surface area (Å²) < 4.78 is 0. The van der Waals surface area contributed by atoms with Crippen LogP contribution in [0.15, 0.2) is 79.0 Å². The molecule has 0 unspecified atom stereocenters. The molecule has 0 amide bonds. The second-order valence-electron chi connectivity index (χ2n) is 5.49. The number of nitrogens with zero attached hydrogens (tertiary/aromatic N) is 1. The fourth-order valence-electron chi connectivity index (χ4n) is 2.85. The van der Waals surface area contributed by atoms with E-state index in [9.17, 15) is 0 Å². The van der Waals surface area contributed by atoms with Crippen molar-refractivity contribution in [1.29, 1.82) is 0 Å². The Bertz CT molecular complexity index is 975. The van der Waals surface area contributed by atoms with Crippen LogP contribution in [0.25, 0.3) is 21.5 Å². The topological polar surface area (TPSA) is 37.0 Å². The van der Waals surface area contributed by atoms with Crippen LogP contribution in [-0.2, 0) is 0 Å². The molecule has 0 radical (unpaired) electrons. The fraction of sp³-hybridized carbons (Fsp3) is 0. The molecule has 4 aromatic rings. The highest BCUT2D eigenvalue weighted by Gasteiger charge is 2.09. The highest BCUT2D eigenvalue weighted by atomic mass is 32.1. The molecule has 3 nitrogen and oxygen atoms in total. The maximum absolute atomic E-state index is 5.48. The van der Waals surface area contributed by atoms with Crippen LogP contribution in [0.1, 0.15) is 0 Å². The van der Waals surface area contributed by atoms with Crippen molar-refractivity contribution >= 4 is 50.4 Å². The van der Waals surface area contributed by atoms with Crippen LogP contribution in [0.2, 0.25) is 0 Å². The van der Waals surface area contributed by atoms with Gasteiger partial charge < -0.3 is 10.6 Å². The van der Waals surface area contributed by atoms with Gasteiger partial charge in [-0.05, 0) is 41.2 Å². The molecule has 116 valence electrons. The van der Waals surface area contributed by atoms with Crippen LogP contribution in [0.3, 0.4) is 0 Å². The van der Waals surface area contributed by atoms with Gasteiger partial charge in [-0.3, -0.25) is 0 Å². The van der Waals surface area contributed by atoms with E-state index in [0.717, 1.165) is 22.3 Å². The molecule has 0 aliphatic carbocycles. The third-order valence-corrected chi connectivity index (χ3v) is 4.12. The van der Waals surface area contributed by atoms with Gasteiger partial charge in [-0.25, -0.2) is 4.98 Å². The molecule has 0 atom stereocenters. The average Bonchev–Trinajstić information content (AvgIpc) is 2.62. The normalized spacial score (nSPS) is 10.7. The predicted molar refractivity (Wildman–Crippen MR) is 106 cm³/mol. The van der Waals surface area contributed by atoms with Gasteiger partial charge in [-0.15, -0.1) is 0 Å². The first-order chi connectivity index (χ1) is 11.8. The summed E-state index contributed by atoms with van der Waals surface area (Å²) >= 11 is 5.48. The summed E-state index contributed by atoms with van der Waals surface area (Å²) in [5.41, 5.74) is 1.01. The van der Waals surface area contributed by atoms with Crippen LogP contribution in [-0.4, -0.2) is 10.1 Å². The Balaban J connectivity index is 1.77. The van der Waals surface area contributed by atoms with Crippen molar-refractivity contribution in [2.45, 2.75) is 0 Å². The van der Waals surface area contributed by atoms with Crippen molar-refractivity contribution in [1.82, 2.24) is 4.98 Å². The Morgan fingerprint density at radius 2 is 1.38 bits per heavy atom. The Labute approximate surface area is 145 Å². The molecule has 1 heterocycles. The van der Waals surface area contributed by atoms with Crippen LogP contribution in [0, 0.1) is 0 Å². The maximum atomic E-state index is 5.48. The molecule has 24 heavy (non-hydrogen) atoms. The van der Waals surface area contributed by atoms with E-state index in [1.807, 2.05) is 42.5 Å². The first-order valence-electron chi connectivity index (χ1n) is 7.71. The number of hydrogen-bond acceptors (Lipinski definition) is 2. The van der Waals surface area contributed by atoms with Gasteiger partial charge in [0.2, 0.25) is 0 Å². The standard InChI is InChI=1S/C20H15N3S/c24-20(22-18-11-5-6-12-21-18)23-19-16-9-3-1-7-14(16)13-15-8-2-4-10-17(15)19/h1-13H,(H2,21,22,23,24). The molecule has 3 aromatic carbocycles. The third-order valence-electron chi connectivity index (χ3n) is 3.92. The zero-order chi connectivity index (χ0) is 16.4. The molecule has 0 spiro atoms. The molecule has 1 aromatic heterocycles. The first kappa shape index (κ1) is 14.6. The maximum Gasteiger partial charge on any atom is 0.176 e. The number of nitrogens with one attached hydrogen (secondary N) is 2. The van der Waals surface area contributed by atoms with Gasteiger partial charge in [0.25, 0.3) is 0 Å². The largest absolute Gasteiger partial charge is 0.331 e. The van der Waals surface area contributed by atoms with Crippen molar-refractivity contribution in [2.24, 2.45) is 0 Å². The molecule has 0 saturated carbocycles. The van der Waals surface area contributed by atoms with E-state index in [0.29, 0.717) is 5.11 Å². The van der Waals surface area contributed by atoms with Gasteiger partial charge in [-0.2, -0.15) is 0 Å². The smallest absolute Gasteiger partial charge is 0.176 e. The van der Waals surface area contributed by atoms with E-state index in [2.05, 4.69) is 45.9 Å². The number of thiocarbonyl (C=S) groups is 1. The highest BCUT2D eigenvalue weighted by Crippen LogP contribution is 2.32. The minimum atomic E-state index is 0.523. The minimum absolute atomic E-state index is 0.523. The van der Waals surface area contributed by atoms with E-state index in [-0.39, 0.29) is 0 Å². The number of pyridine rings is 1. The zero-order valence-electron chi connectivity index (χ0n) is 12.9. The van der Waals surface area contributed by atoms with E-state index in [1.165, 1.54) is 10.8 Å². The number of aromatic nitrogens is 1. The predicted octanol–water partition coefficient (Wildman–Crippen LogP) is 5.20. The molecular weight excluding hydrogens is 314 g/mol. The van der Waals surface area contributed by atoms with Gasteiger partial charge in [0.15, 0.2) is 5.11 Å². The lowest BCUT2D eigenvalue weighted by atomic mass is 10.0. The summed E-state index contributed by atoms with van der Waals surface area (Å²) in [6.07, 6.45) is 1.73. The van der Waals surface area contributed by atoms with Crippen molar-refractivity contribution in [3.05, 3.63) is 79.0 Å². The lowest BCUT2D eigenvalue weighted by Gasteiger charge is -2.15. The van der Waals surface area contributed by atoms with Gasteiger partial charge in [0.05, 0.1) is 5.69 Å². The summed E-state index contributed by atoms with van der Waals surface area (Å²) in [7, 11) is 0. The molecule has 0 bridgehead atoms. The van der Waals surface area contributed by atoms with Crippen LogP contribution >= 0.6 is 12.2 Å². The molecule has 0 fully saturated rings. The van der Waals surface area contributed by atoms with E-state index < -0.39 is 0 Å². The molecule has 4 rings (SSSR count). The first-order valence-corrected chi connectivity index (χ1v) is 8.11. The van der Waals surface area contributed by atoms with Crippen LogP contribution in [0.5, 0.6) is 0 Å². The zero-order valence-corrected chi connectivity index (χ0v) is 13.7. The number of benzene rings is 3. The van der Waals surface area contributed by atoms with Crippen molar-refractivity contribution in [3.8, 4) is 0 Å². The second-order valence-corrected chi connectivity index (χ2v) is 5.90. The van der Waals surface area contributed by atoms with Crippen LogP contribution < -0.4 is 10.6 Å². The fourth-order valence-corrected chi connectivity index (χ4v) is 3.05. The van der Waals surface area contributed by atoms with Crippen molar-refractivity contribution < 1.29 is 0 Å². The SMILES string of the molecule is S=C(Nc1ccccn1)Nc1c2ccccc2cc2ccccc12. The Morgan fingerprint density at radius 1 is 0.750 bits per heavy atom. The summed E-state index contributed by atoms with van der Waals surface area (Å²) in [5.74, 6) is 0.722. The van der Waals surface area contributed by atoms with E-state index in [4.69, 9.17) is 12.2 Å². The summed E-state index contributed by atoms with van der Waals surface area (Å²) in [6.45, 7) is 0. The minimum Gasteiger partial charge on any atom is -0.331 e. The van der Waals surface area contributed by atoms with Crippen LogP contribution in [0.4, 0.5) is 11.5 Å². The average molecular weight is 329 g/mol. The summed E-state index contributed by atoms with van der Waals surface area (Å²) in [5, 5.41) is 11.6. The van der Waals surface area contributed by atoms with Crippen molar-refractivity contribution in [2.75, 3.05) is 10.6 Å². The summed E-state index contributed by atoms with van der Waals surface area (Å²) in [4.78, 5) is 4.25. The lowest BCUT2D eigenvalue weighted by Crippen LogP contribution is -2.20. The van der Waals surface area contributed by atoms with Gasteiger partial charge in [0.1, 0.15) is 5.82 Å². The second kappa shape index (κ2) is 6.26. The molecule has 0 aliphatic rings. The van der Waals surface area contributed by atoms with E-state index >= 15 is 0 Å². The molecule has 2 N–H and O–H groups in total. The van der Waals surface area contributed by atoms with Gasteiger partial charge in [-0.1, -0.05) is 54.6 Å². The molecular formula is C20H15N3S.